The van der Waals surface area contributed by atoms with Crippen LogP contribution in [0.15, 0.2) is 0 Å². The molecule has 2 fully saturated rings. The van der Waals surface area contributed by atoms with E-state index in [0.29, 0.717) is 10.7 Å². The molecule has 1 N–H and O–H groups in total. The Balaban J connectivity index is 2.11. The van der Waals surface area contributed by atoms with Crippen LogP contribution in [0.5, 0.6) is 0 Å². The molecule has 0 aromatic heterocycles. The maximum atomic E-state index is 11.9. The summed E-state index contributed by atoms with van der Waals surface area (Å²) < 4.78 is 36.5. The lowest BCUT2D eigenvalue weighted by molar-refractivity contribution is -0.144. The number of β-lactam (4-membered cyclic amide) rings is 1. The van der Waals surface area contributed by atoms with E-state index in [1.807, 2.05) is 0 Å². The molecule has 0 bridgehead atoms. The summed E-state index contributed by atoms with van der Waals surface area (Å²) in [6.07, 6.45) is -0.349. The summed E-state index contributed by atoms with van der Waals surface area (Å²) in [5, 5.41) is 0. The normalized spacial score (nSPS) is 27.1. The maximum absolute atomic E-state index is 11.9. The third-order valence-corrected chi connectivity index (χ3v) is 3.96. The van der Waals surface area contributed by atoms with Gasteiger partial charge in [-0.2, -0.15) is 8.42 Å². The van der Waals surface area contributed by atoms with Crippen molar-refractivity contribution in [1.29, 1.82) is 0 Å². The third kappa shape index (κ3) is 2.39. The van der Waals surface area contributed by atoms with Gasteiger partial charge in [0.1, 0.15) is 11.6 Å². The van der Waals surface area contributed by atoms with Gasteiger partial charge in [0.05, 0.1) is 6.04 Å². The fraction of sp³-hybridized carbons (Fsp3) is 0.800. The molecule has 0 radical (unpaired) electrons. The van der Waals surface area contributed by atoms with Gasteiger partial charge in [0, 0.05) is 6.54 Å². The predicted molar refractivity (Wildman–Crippen MR) is 63.5 cm³/mol. The fourth-order valence-electron chi connectivity index (χ4n) is 2.34. The summed E-state index contributed by atoms with van der Waals surface area (Å²) in [5.74, 6) is -0.796. The molecule has 2 amide bonds. The Hall–Kier alpha value is -1.35. The molecule has 2 heterocycles. The molecular weight excluding hydrogens is 276 g/mol. The molecule has 2 saturated heterocycles. The summed E-state index contributed by atoms with van der Waals surface area (Å²) in [7, 11) is -4.55. The summed E-state index contributed by atoms with van der Waals surface area (Å²) in [4.78, 5) is 24.8. The molecule has 9 heteroatoms. The van der Waals surface area contributed by atoms with Crippen LogP contribution in [0.4, 0.5) is 4.79 Å². The first-order chi connectivity index (χ1) is 8.52. The van der Waals surface area contributed by atoms with Gasteiger partial charge in [-0.05, 0) is 27.2 Å². The van der Waals surface area contributed by atoms with Gasteiger partial charge in [-0.3, -0.25) is 14.2 Å². The van der Waals surface area contributed by atoms with E-state index in [-0.39, 0.29) is 6.54 Å². The fourth-order valence-corrected chi connectivity index (χ4v) is 3.24. The van der Waals surface area contributed by atoms with Crippen molar-refractivity contribution in [3.8, 4) is 0 Å². The van der Waals surface area contributed by atoms with Crippen LogP contribution in [0.2, 0.25) is 0 Å². The Bertz CT molecular complexity index is 523. The van der Waals surface area contributed by atoms with Gasteiger partial charge in [-0.1, -0.05) is 0 Å². The molecule has 108 valence electrons. The Kier molecular flexibility index (Phi) is 3.01. The van der Waals surface area contributed by atoms with Crippen molar-refractivity contribution in [1.82, 2.24) is 9.21 Å². The van der Waals surface area contributed by atoms with Crippen molar-refractivity contribution in [2.75, 3.05) is 6.54 Å². The Morgan fingerprint density at radius 3 is 2.47 bits per heavy atom. The summed E-state index contributed by atoms with van der Waals surface area (Å²) in [6, 6.07) is -1.54. The number of carbonyl (C=O) groups excluding carboxylic acids is 2. The lowest BCUT2D eigenvalue weighted by Gasteiger charge is -2.42. The standard InChI is InChI=1S/C10H16N2O6S/c1-10(2,3)18-9(14)11-5-4-6-7(11)8(13)12(6)19(15,16)17/h6-7H,4-5H2,1-3H3,(H,15,16,17)/t6-,7+/m1/s1. The van der Waals surface area contributed by atoms with Gasteiger partial charge in [-0.15, -0.1) is 0 Å². The molecule has 19 heavy (non-hydrogen) atoms. The van der Waals surface area contributed by atoms with E-state index in [9.17, 15) is 18.0 Å². The number of nitrogens with zero attached hydrogens (tertiary/aromatic N) is 2. The average Bonchev–Trinajstić information content (AvgIpc) is 2.51. The summed E-state index contributed by atoms with van der Waals surface area (Å²) in [6.45, 7) is 5.32. The van der Waals surface area contributed by atoms with E-state index >= 15 is 0 Å². The topological polar surface area (TPSA) is 104 Å². The van der Waals surface area contributed by atoms with E-state index in [4.69, 9.17) is 9.29 Å². The molecule has 2 aliphatic heterocycles. The third-order valence-electron chi connectivity index (χ3n) is 3.01. The molecule has 0 saturated carbocycles. The van der Waals surface area contributed by atoms with Crippen LogP contribution in [0.25, 0.3) is 0 Å². The number of likely N-dealkylation sites (tertiary alicyclic amines) is 1. The smallest absolute Gasteiger partial charge is 0.411 e. The first-order valence-corrected chi connectivity index (χ1v) is 7.22. The minimum Gasteiger partial charge on any atom is -0.444 e. The largest absolute Gasteiger partial charge is 0.444 e. The number of amides is 2. The maximum Gasteiger partial charge on any atom is 0.411 e. The summed E-state index contributed by atoms with van der Waals surface area (Å²) >= 11 is 0. The zero-order valence-corrected chi connectivity index (χ0v) is 11.7. The quantitative estimate of drug-likeness (QED) is 0.539. The number of hydrogen-bond acceptors (Lipinski definition) is 5. The lowest BCUT2D eigenvalue weighted by Crippen LogP contribution is -2.68. The number of fused-ring (bicyclic) bond motifs is 1. The summed E-state index contributed by atoms with van der Waals surface area (Å²) in [5.41, 5.74) is -0.690. The van der Waals surface area contributed by atoms with Crippen molar-refractivity contribution < 1.29 is 27.3 Å². The average molecular weight is 292 g/mol. The van der Waals surface area contributed by atoms with Crippen molar-refractivity contribution in [2.24, 2.45) is 0 Å². The van der Waals surface area contributed by atoms with Crippen LogP contribution in [0.3, 0.4) is 0 Å². The minimum absolute atomic E-state index is 0.224. The molecule has 2 atom stereocenters. The molecule has 0 unspecified atom stereocenters. The Morgan fingerprint density at radius 1 is 1.42 bits per heavy atom. The van der Waals surface area contributed by atoms with Crippen molar-refractivity contribution in [3.63, 3.8) is 0 Å². The van der Waals surface area contributed by atoms with E-state index in [0.717, 1.165) is 0 Å². The van der Waals surface area contributed by atoms with Crippen LogP contribution in [0.1, 0.15) is 27.2 Å². The van der Waals surface area contributed by atoms with Gasteiger partial charge >= 0.3 is 16.4 Å². The van der Waals surface area contributed by atoms with Crippen LogP contribution in [-0.2, 0) is 19.8 Å². The second kappa shape index (κ2) is 4.07. The molecule has 0 aliphatic carbocycles. The number of hydrogen-bond donors (Lipinski definition) is 1. The minimum atomic E-state index is -4.55. The molecule has 8 nitrogen and oxygen atoms in total. The predicted octanol–water partition coefficient (Wildman–Crippen LogP) is 0.00940. The van der Waals surface area contributed by atoms with E-state index in [2.05, 4.69) is 0 Å². The highest BCUT2D eigenvalue weighted by Crippen LogP contribution is 2.36. The molecule has 0 spiro atoms. The van der Waals surface area contributed by atoms with Crippen LogP contribution in [-0.4, -0.2) is 58.4 Å². The SMILES string of the molecule is CC(C)(C)OC(=O)N1CC[C@@H]2[C@H]1C(=O)N2S(=O)(=O)O. The van der Waals surface area contributed by atoms with Crippen molar-refractivity contribution in [3.05, 3.63) is 0 Å². The van der Waals surface area contributed by atoms with Crippen LogP contribution in [0, 0.1) is 0 Å². The van der Waals surface area contributed by atoms with E-state index in [1.54, 1.807) is 20.8 Å². The van der Waals surface area contributed by atoms with Gasteiger partial charge in [0.15, 0.2) is 0 Å². The van der Waals surface area contributed by atoms with Gasteiger partial charge in [-0.25, -0.2) is 9.10 Å². The zero-order valence-electron chi connectivity index (χ0n) is 10.9. The highest BCUT2D eigenvalue weighted by atomic mass is 32.2. The zero-order chi connectivity index (χ0) is 14.6. The molecule has 2 aliphatic rings. The van der Waals surface area contributed by atoms with Gasteiger partial charge in [0.25, 0.3) is 5.91 Å². The van der Waals surface area contributed by atoms with E-state index < -0.39 is 40.0 Å². The molecule has 0 aromatic carbocycles. The second-order valence-electron chi connectivity index (χ2n) is 5.59. The number of rotatable bonds is 1. The highest BCUT2D eigenvalue weighted by molar-refractivity contribution is 7.84. The Labute approximate surface area is 111 Å². The monoisotopic (exact) mass is 292 g/mol. The molecule has 2 rings (SSSR count). The second-order valence-corrected chi connectivity index (χ2v) is 6.88. The lowest BCUT2D eigenvalue weighted by atomic mass is 10.0. The first kappa shape index (κ1) is 14.1. The number of carbonyl (C=O) groups is 2. The number of ether oxygens (including phenoxy) is 1. The van der Waals surface area contributed by atoms with Crippen molar-refractivity contribution in [2.45, 2.75) is 44.9 Å². The van der Waals surface area contributed by atoms with Crippen LogP contribution < -0.4 is 0 Å². The van der Waals surface area contributed by atoms with Crippen LogP contribution >= 0.6 is 0 Å². The highest BCUT2D eigenvalue weighted by Gasteiger charge is 2.60. The molecule has 0 aromatic rings. The van der Waals surface area contributed by atoms with Crippen molar-refractivity contribution >= 4 is 22.3 Å². The van der Waals surface area contributed by atoms with Gasteiger partial charge < -0.3 is 4.74 Å². The molecular formula is C10H16N2O6S. The Morgan fingerprint density at radius 2 is 2.00 bits per heavy atom. The van der Waals surface area contributed by atoms with Gasteiger partial charge in [0.2, 0.25) is 0 Å². The van der Waals surface area contributed by atoms with E-state index in [1.165, 1.54) is 4.90 Å². The first-order valence-electron chi connectivity index (χ1n) is 5.83.